The lowest BCUT2D eigenvalue weighted by Gasteiger charge is -2.35. The summed E-state index contributed by atoms with van der Waals surface area (Å²) in [5, 5.41) is 9.32. The first-order valence-electron chi connectivity index (χ1n) is 10.2. The van der Waals surface area contributed by atoms with Gasteiger partial charge in [0.2, 0.25) is 17.8 Å². The molecule has 1 aromatic heterocycles. The molecule has 1 aliphatic heterocycles. The van der Waals surface area contributed by atoms with Crippen LogP contribution in [0, 0.1) is 23.6 Å². The predicted molar refractivity (Wildman–Crippen MR) is 108 cm³/mol. The predicted octanol–water partition coefficient (Wildman–Crippen LogP) is 1.71. The lowest BCUT2D eigenvalue weighted by atomic mass is 9.81. The number of aryl methyl sites for hydroxylation is 1. The summed E-state index contributed by atoms with van der Waals surface area (Å²) in [4.78, 5) is 33.1. The molecule has 0 unspecified atom stereocenters. The highest BCUT2D eigenvalue weighted by molar-refractivity contribution is 5.80. The average molecular weight is 410 g/mol. The summed E-state index contributed by atoms with van der Waals surface area (Å²) in [6.45, 7) is 0. The molecule has 5 N–H and O–H groups in total. The number of anilines is 3. The van der Waals surface area contributed by atoms with E-state index in [9.17, 15) is 14.0 Å². The molecule has 6 bridgehead atoms. The molecule has 0 saturated heterocycles. The number of amides is 2. The lowest BCUT2D eigenvalue weighted by Crippen LogP contribution is -2.51. The van der Waals surface area contributed by atoms with Gasteiger partial charge in [0.25, 0.3) is 0 Å². The van der Waals surface area contributed by atoms with Crippen molar-refractivity contribution < 1.29 is 14.0 Å². The maximum atomic E-state index is 14.5. The molecule has 2 heterocycles. The summed E-state index contributed by atoms with van der Waals surface area (Å²) in [5.41, 5.74) is 7.43. The maximum Gasteiger partial charge on any atom is 0.229 e. The van der Waals surface area contributed by atoms with E-state index in [2.05, 4.69) is 25.9 Å². The van der Waals surface area contributed by atoms with Gasteiger partial charge in [-0.05, 0) is 42.9 Å². The quantitative estimate of drug-likeness (QED) is 0.568. The van der Waals surface area contributed by atoms with Crippen molar-refractivity contribution in [3.8, 4) is 0 Å². The number of hydrogen-bond donors (Lipinski definition) is 4. The van der Waals surface area contributed by atoms with E-state index in [0.717, 1.165) is 23.9 Å². The zero-order valence-corrected chi connectivity index (χ0v) is 16.3. The largest absolute Gasteiger partial charge is 0.369 e. The van der Waals surface area contributed by atoms with Crippen LogP contribution in [-0.4, -0.2) is 33.9 Å². The smallest absolute Gasteiger partial charge is 0.229 e. The second kappa shape index (κ2) is 7.23. The van der Waals surface area contributed by atoms with E-state index >= 15 is 0 Å². The molecular weight excluding hydrogens is 387 g/mol. The monoisotopic (exact) mass is 410 g/mol. The lowest BCUT2D eigenvalue weighted by molar-refractivity contribution is -0.124. The molecule has 2 fully saturated rings. The van der Waals surface area contributed by atoms with Crippen LogP contribution in [-0.2, 0) is 16.0 Å². The third-order valence-electron chi connectivity index (χ3n) is 6.55. The number of primary amides is 1. The Bertz CT molecular complexity index is 1010. The Morgan fingerprint density at radius 1 is 1.20 bits per heavy atom. The number of carbonyl (C=O) groups is 2. The second-order valence-corrected chi connectivity index (χ2v) is 8.38. The van der Waals surface area contributed by atoms with Crippen molar-refractivity contribution in [2.24, 2.45) is 23.5 Å². The van der Waals surface area contributed by atoms with Gasteiger partial charge >= 0.3 is 0 Å². The molecule has 2 saturated carbocycles. The Balaban J connectivity index is 1.53. The molecule has 2 aliphatic carbocycles. The number of nitrogens with one attached hydrogen (secondary N) is 3. The van der Waals surface area contributed by atoms with Crippen LogP contribution in [0.15, 0.2) is 30.5 Å². The van der Waals surface area contributed by atoms with Crippen LogP contribution < -0.4 is 21.7 Å². The topological polar surface area (TPSA) is 122 Å². The SMILES string of the molecule is NC(=O)[C@H]1[C@H]2C[C@H]3[C@H]1Nc1nc(ncc1F)Nc1cccc(c1)CCC(=O)N[C@@H]3C2. The molecule has 0 spiro atoms. The van der Waals surface area contributed by atoms with Crippen LogP contribution in [0.1, 0.15) is 24.8 Å². The molecule has 5 rings (SSSR count). The minimum atomic E-state index is -0.606. The molecule has 5 atom stereocenters. The number of nitrogens with two attached hydrogens (primary N) is 1. The molecule has 2 aromatic rings. The van der Waals surface area contributed by atoms with Gasteiger partial charge < -0.3 is 21.7 Å². The van der Waals surface area contributed by atoms with Gasteiger partial charge in [0.1, 0.15) is 0 Å². The van der Waals surface area contributed by atoms with Gasteiger partial charge in [0.15, 0.2) is 11.6 Å². The Labute approximate surface area is 172 Å². The average Bonchev–Trinajstić information content (AvgIpc) is 3.26. The van der Waals surface area contributed by atoms with Crippen LogP contribution in [0.4, 0.5) is 21.8 Å². The molecule has 8 nitrogen and oxygen atoms in total. The number of rotatable bonds is 1. The molecule has 0 radical (unpaired) electrons. The van der Waals surface area contributed by atoms with Gasteiger partial charge in [0.05, 0.1) is 12.1 Å². The standard InChI is InChI=1S/C21H23FN6O2/c22-14-9-24-21-25-12-3-1-2-10(6-12)4-5-16(29)26-15-8-11-7-13(15)18(17(11)19(23)30)27-20(14)28-21/h1-3,6,9,11,13,15,17-18H,4-5,7-8H2,(H2,23,30)(H,26,29)(H2,24,25,27,28)/t11-,13+,15+,17-,18+/m0/s1. The van der Waals surface area contributed by atoms with E-state index in [-0.39, 0.29) is 35.6 Å². The molecule has 156 valence electrons. The van der Waals surface area contributed by atoms with E-state index in [4.69, 9.17) is 5.73 Å². The van der Waals surface area contributed by atoms with Gasteiger partial charge in [-0.25, -0.2) is 9.37 Å². The summed E-state index contributed by atoms with van der Waals surface area (Å²) in [6, 6.07) is 7.15. The summed E-state index contributed by atoms with van der Waals surface area (Å²) in [7, 11) is 0. The normalized spacial score (nSPS) is 29.8. The molecule has 9 heteroatoms. The zero-order chi connectivity index (χ0) is 20.8. The fourth-order valence-corrected chi connectivity index (χ4v) is 5.29. The number of aromatic nitrogens is 2. The van der Waals surface area contributed by atoms with E-state index in [1.165, 1.54) is 0 Å². The number of fused-ring (bicyclic) bond motifs is 5. The van der Waals surface area contributed by atoms with Crippen molar-refractivity contribution in [2.45, 2.75) is 37.8 Å². The number of benzene rings is 1. The van der Waals surface area contributed by atoms with Gasteiger partial charge in [-0.1, -0.05) is 12.1 Å². The highest BCUT2D eigenvalue weighted by Gasteiger charge is 2.55. The number of hydrogen-bond acceptors (Lipinski definition) is 6. The minimum Gasteiger partial charge on any atom is -0.369 e. The Kier molecular flexibility index (Phi) is 4.52. The van der Waals surface area contributed by atoms with Gasteiger partial charge in [-0.3, -0.25) is 9.59 Å². The molecular formula is C21H23FN6O2. The molecule has 1 aromatic carbocycles. The third kappa shape index (κ3) is 3.34. The van der Waals surface area contributed by atoms with Crippen LogP contribution in [0.2, 0.25) is 0 Å². The Morgan fingerprint density at radius 2 is 2.07 bits per heavy atom. The van der Waals surface area contributed by atoms with Crippen molar-refractivity contribution in [1.82, 2.24) is 15.3 Å². The number of halogens is 1. The van der Waals surface area contributed by atoms with Gasteiger partial charge in [-0.2, -0.15) is 4.98 Å². The summed E-state index contributed by atoms with van der Waals surface area (Å²) in [5.74, 6) is -1.17. The van der Waals surface area contributed by atoms with Crippen LogP contribution in [0.3, 0.4) is 0 Å². The highest BCUT2D eigenvalue weighted by atomic mass is 19.1. The fraction of sp³-hybridized carbons (Fsp3) is 0.429. The van der Waals surface area contributed by atoms with Crippen LogP contribution in [0.5, 0.6) is 0 Å². The van der Waals surface area contributed by atoms with E-state index in [1.807, 2.05) is 24.3 Å². The summed E-state index contributed by atoms with van der Waals surface area (Å²) >= 11 is 0. The third-order valence-corrected chi connectivity index (χ3v) is 6.55. The molecule has 2 amide bonds. The van der Waals surface area contributed by atoms with Crippen LogP contribution in [0.25, 0.3) is 0 Å². The van der Waals surface area contributed by atoms with Gasteiger partial charge in [0, 0.05) is 30.1 Å². The zero-order valence-electron chi connectivity index (χ0n) is 16.3. The second-order valence-electron chi connectivity index (χ2n) is 8.38. The van der Waals surface area contributed by atoms with Crippen molar-refractivity contribution >= 4 is 29.3 Å². The first-order chi connectivity index (χ1) is 14.5. The highest BCUT2D eigenvalue weighted by Crippen LogP contribution is 2.49. The molecule has 30 heavy (non-hydrogen) atoms. The Hall–Kier alpha value is -3.23. The van der Waals surface area contributed by atoms with Crippen molar-refractivity contribution in [2.75, 3.05) is 10.6 Å². The fourth-order valence-electron chi connectivity index (χ4n) is 5.29. The van der Waals surface area contributed by atoms with E-state index in [0.29, 0.717) is 19.3 Å². The van der Waals surface area contributed by atoms with Crippen molar-refractivity contribution in [3.05, 3.63) is 41.8 Å². The van der Waals surface area contributed by atoms with E-state index in [1.54, 1.807) is 0 Å². The van der Waals surface area contributed by atoms with E-state index < -0.39 is 23.7 Å². The first kappa shape index (κ1) is 18.8. The maximum absolute atomic E-state index is 14.5. The number of nitrogens with zero attached hydrogens (tertiary/aromatic N) is 2. The molecule has 3 aliphatic rings. The minimum absolute atomic E-state index is 0.0200. The number of carbonyl (C=O) groups excluding carboxylic acids is 2. The Morgan fingerprint density at radius 3 is 2.90 bits per heavy atom. The van der Waals surface area contributed by atoms with Crippen molar-refractivity contribution in [3.63, 3.8) is 0 Å². The summed E-state index contributed by atoms with van der Waals surface area (Å²) in [6.07, 6.45) is 3.54. The summed E-state index contributed by atoms with van der Waals surface area (Å²) < 4.78 is 14.5. The van der Waals surface area contributed by atoms with Crippen molar-refractivity contribution in [1.29, 1.82) is 0 Å². The first-order valence-corrected chi connectivity index (χ1v) is 10.2. The van der Waals surface area contributed by atoms with Gasteiger partial charge in [-0.15, -0.1) is 0 Å². The van der Waals surface area contributed by atoms with Crippen LogP contribution >= 0.6 is 0 Å².